The zero-order chi connectivity index (χ0) is 11.7. The van der Waals surface area contributed by atoms with Crippen LogP contribution in [0.3, 0.4) is 0 Å². The maximum absolute atomic E-state index is 10.2. The molecule has 0 radical (unpaired) electrons. The van der Waals surface area contributed by atoms with Crippen molar-refractivity contribution < 1.29 is 5.11 Å². The van der Waals surface area contributed by atoms with E-state index in [9.17, 15) is 5.11 Å². The predicted molar refractivity (Wildman–Crippen MR) is 69.1 cm³/mol. The lowest BCUT2D eigenvalue weighted by Crippen LogP contribution is -2.06. The highest BCUT2D eigenvalue weighted by Crippen LogP contribution is 2.28. The Bertz CT molecular complexity index is 510. The van der Waals surface area contributed by atoms with Crippen molar-refractivity contribution in [1.29, 1.82) is 0 Å². The largest absolute Gasteiger partial charge is 0.382 e. The lowest BCUT2D eigenvalue weighted by atomic mass is 10.1. The number of aliphatic hydroxyl groups is 1. The molecular formula is C11H10Br2N2O. The van der Waals surface area contributed by atoms with E-state index in [1.165, 1.54) is 0 Å². The minimum Gasteiger partial charge on any atom is -0.382 e. The van der Waals surface area contributed by atoms with Gasteiger partial charge in [0.1, 0.15) is 6.10 Å². The molecule has 1 N–H and O–H groups in total. The van der Waals surface area contributed by atoms with Crippen LogP contribution in [0.4, 0.5) is 0 Å². The molecule has 1 aromatic carbocycles. The molecule has 0 aliphatic heterocycles. The second kappa shape index (κ2) is 4.69. The first-order valence-corrected chi connectivity index (χ1v) is 6.29. The molecule has 3 nitrogen and oxygen atoms in total. The molecule has 16 heavy (non-hydrogen) atoms. The van der Waals surface area contributed by atoms with E-state index in [0.29, 0.717) is 0 Å². The van der Waals surface area contributed by atoms with Gasteiger partial charge in [-0.25, -0.2) is 0 Å². The third-order valence-electron chi connectivity index (χ3n) is 2.40. The SMILES string of the molecule is Cn1nccc1C(O)c1ccc(Br)c(Br)c1. The van der Waals surface area contributed by atoms with E-state index in [4.69, 9.17) is 0 Å². The number of hydrogen-bond donors (Lipinski definition) is 1. The fourth-order valence-corrected chi connectivity index (χ4v) is 2.15. The van der Waals surface area contributed by atoms with E-state index in [1.54, 1.807) is 16.9 Å². The van der Waals surface area contributed by atoms with E-state index < -0.39 is 6.10 Å². The van der Waals surface area contributed by atoms with E-state index >= 15 is 0 Å². The van der Waals surface area contributed by atoms with E-state index in [0.717, 1.165) is 20.2 Å². The number of halogens is 2. The Morgan fingerprint density at radius 3 is 2.56 bits per heavy atom. The normalized spacial score (nSPS) is 12.8. The Hall–Kier alpha value is -0.650. The predicted octanol–water partition coefficient (Wildman–Crippen LogP) is 3.03. The number of aliphatic hydroxyl groups excluding tert-OH is 1. The van der Waals surface area contributed by atoms with Gasteiger partial charge in [0.25, 0.3) is 0 Å². The highest BCUT2D eigenvalue weighted by atomic mass is 79.9. The second-order valence-corrected chi connectivity index (χ2v) is 5.16. The van der Waals surface area contributed by atoms with Crippen molar-refractivity contribution in [2.75, 3.05) is 0 Å². The fraction of sp³-hybridized carbons (Fsp3) is 0.182. The summed E-state index contributed by atoms with van der Waals surface area (Å²) in [4.78, 5) is 0. The molecule has 5 heteroatoms. The second-order valence-electron chi connectivity index (χ2n) is 3.46. The molecule has 84 valence electrons. The average Bonchev–Trinajstić information content (AvgIpc) is 2.67. The van der Waals surface area contributed by atoms with Crippen molar-refractivity contribution in [2.45, 2.75) is 6.10 Å². The lowest BCUT2D eigenvalue weighted by Gasteiger charge is -2.12. The summed E-state index contributed by atoms with van der Waals surface area (Å²) in [7, 11) is 1.81. The van der Waals surface area contributed by atoms with Crippen molar-refractivity contribution >= 4 is 31.9 Å². The van der Waals surface area contributed by atoms with Gasteiger partial charge in [-0.15, -0.1) is 0 Å². The first kappa shape index (κ1) is 11.8. The molecule has 2 aromatic rings. The van der Waals surface area contributed by atoms with Gasteiger partial charge in [-0.05, 0) is 55.6 Å². The summed E-state index contributed by atoms with van der Waals surface area (Å²) in [5.41, 5.74) is 1.60. The van der Waals surface area contributed by atoms with Gasteiger partial charge in [0.2, 0.25) is 0 Å². The van der Waals surface area contributed by atoms with Crippen molar-refractivity contribution in [1.82, 2.24) is 9.78 Å². The van der Waals surface area contributed by atoms with Gasteiger partial charge in [-0.3, -0.25) is 4.68 Å². The maximum Gasteiger partial charge on any atom is 0.121 e. The number of hydrogen-bond acceptors (Lipinski definition) is 2. The molecule has 0 amide bonds. The molecule has 1 atom stereocenters. The Labute approximate surface area is 110 Å². The van der Waals surface area contributed by atoms with Crippen LogP contribution in [0, 0.1) is 0 Å². The molecule has 0 fully saturated rings. The van der Waals surface area contributed by atoms with Crippen molar-refractivity contribution in [3.05, 3.63) is 50.7 Å². The van der Waals surface area contributed by atoms with Gasteiger partial charge in [0.05, 0.1) is 5.69 Å². The summed E-state index contributed by atoms with van der Waals surface area (Å²) >= 11 is 6.81. The summed E-state index contributed by atoms with van der Waals surface area (Å²) in [6.07, 6.45) is 1.02. The van der Waals surface area contributed by atoms with Gasteiger partial charge in [-0.2, -0.15) is 5.10 Å². The molecule has 0 aliphatic carbocycles. The molecule has 0 bridgehead atoms. The topological polar surface area (TPSA) is 38.0 Å². The minimum atomic E-state index is -0.656. The van der Waals surface area contributed by atoms with Crippen LogP contribution in [0.5, 0.6) is 0 Å². The van der Waals surface area contributed by atoms with Gasteiger partial charge in [0.15, 0.2) is 0 Å². The first-order valence-electron chi connectivity index (χ1n) is 4.70. The lowest BCUT2D eigenvalue weighted by molar-refractivity contribution is 0.209. The standard InChI is InChI=1S/C11H10Br2N2O/c1-15-10(4-5-14-15)11(16)7-2-3-8(12)9(13)6-7/h2-6,11,16H,1H3. The Morgan fingerprint density at radius 1 is 1.25 bits per heavy atom. The molecule has 1 unspecified atom stereocenters. The minimum absolute atomic E-state index is 0.656. The third kappa shape index (κ3) is 2.21. The van der Waals surface area contributed by atoms with Gasteiger partial charge < -0.3 is 5.11 Å². The summed E-state index contributed by atoms with van der Waals surface area (Å²) in [5, 5.41) is 14.2. The van der Waals surface area contributed by atoms with Gasteiger partial charge >= 0.3 is 0 Å². The summed E-state index contributed by atoms with van der Waals surface area (Å²) in [6.45, 7) is 0. The van der Waals surface area contributed by atoms with Gasteiger partial charge in [0, 0.05) is 22.2 Å². The van der Waals surface area contributed by atoms with Crippen LogP contribution in [0.15, 0.2) is 39.4 Å². The van der Waals surface area contributed by atoms with E-state index in [1.807, 2.05) is 25.2 Å². The number of aromatic nitrogens is 2. The fourth-order valence-electron chi connectivity index (χ4n) is 1.51. The van der Waals surface area contributed by atoms with Crippen LogP contribution in [0.25, 0.3) is 0 Å². The van der Waals surface area contributed by atoms with E-state index in [-0.39, 0.29) is 0 Å². The zero-order valence-electron chi connectivity index (χ0n) is 8.56. The molecule has 0 saturated heterocycles. The smallest absolute Gasteiger partial charge is 0.121 e. The maximum atomic E-state index is 10.2. The molecule has 2 rings (SSSR count). The van der Waals surface area contributed by atoms with Crippen LogP contribution in [-0.4, -0.2) is 14.9 Å². The molecule has 0 aliphatic rings. The van der Waals surface area contributed by atoms with Crippen molar-refractivity contribution in [3.63, 3.8) is 0 Å². The molecular weight excluding hydrogens is 336 g/mol. The van der Waals surface area contributed by atoms with Crippen molar-refractivity contribution in [3.8, 4) is 0 Å². The Balaban J connectivity index is 2.38. The summed E-state index contributed by atoms with van der Waals surface area (Å²) in [6, 6.07) is 7.48. The van der Waals surface area contributed by atoms with Gasteiger partial charge in [-0.1, -0.05) is 6.07 Å². The zero-order valence-corrected chi connectivity index (χ0v) is 11.7. The molecule has 1 heterocycles. The monoisotopic (exact) mass is 344 g/mol. The molecule has 0 saturated carbocycles. The van der Waals surface area contributed by atoms with Crippen molar-refractivity contribution in [2.24, 2.45) is 7.05 Å². The first-order chi connectivity index (χ1) is 7.59. The number of benzene rings is 1. The van der Waals surface area contributed by atoms with Crippen LogP contribution in [-0.2, 0) is 7.05 Å². The third-order valence-corrected chi connectivity index (χ3v) is 4.28. The summed E-state index contributed by atoms with van der Waals surface area (Å²) in [5.74, 6) is 0. The van der Waals surface area contributed by atoms with Crippen LogP contribution >= 0.6 is 31.9 Å². The Kier molecular flexibility index (Phi) is 3.47. The number of rotatable bonds is 2. The van der Waals surface area contributed by atoms with Crippen LogP contribution < -0.4 is 0 Å². The highest BCUT2D eigenvalue weighted by Gasteiger charge is 2.14. The molecule has 1 aromatic heterocycles. The highest BCUT2D eigenvalue weighted by molar-refractivity contribution is 9.13. The summed E-state index contributed by atoms with van der Waals surface area (Å²) < 4.78 is 3.56. The Morgan fingerprint density at radius 2 is 2.00 bits per heavy atom. The number of nitrogens with zero attached hydrogens (tertiary/aromatic N) is 2. The average molecular weight is 346 g/mol. The van der Waals surface area contributed by atoms with Crippen LogP contribution in [0.1, 0.15) is 17.4 Å². The van der Waals surface area contributed by atoms with Crippen LogP contribution in [0.2, 0.25) is 0 Å². The quantitative estimate of drug-likeness (QED) is 0.908. The number of aryl methyl sites for hydroxylation is 1. The van der Waals surface area contributed by atoms with E-state index in [2.05, 4.69) is 37.0 Å². The molecule has 0 spiro atoms.